The van der Waals surface area contributed by atoms with Crippen LogP contribution in [0.2, 0.25) is 0 Å². The van der Waals surface area contributed by atoms with Crippen molar-refractivity contribution in [2.45, 2.75) is 32.6 Å². The first kappa shape index (κ1) is 15.4. The molecule has 18 heavy (non-hydrogen) atoms. The molecule has 0 bridgehead atoms. The predicted molar refractivity (Wildman–Crippen MR) is 68.4 cm³/mol. The van der Waals surface area contributed by atoms with Gasteiger partial charge in [-0.25, -0.2) is 0 Å². The summed E-state index contributed by atoms with van der Waals surface area (Å²) in [6, 6.07) is 0. The van der Waals surface area contributed by atoms with Gasteiger partial charge >= 0.3 is 5.97 Å². The first-order chi connectivity index (χ1) is 8.37. The lowest BCUT2D eigenvalue weighted by molar-refractivity contribution is -0.137. The van der Waals surface area contributed by atoms with E-state index in [-0.39, 0.29) is 12.3 Å². The number of carboxylic acids is 1. The number of carbonyl (C=O) groups is 1. The minimum absolute atomic E-state index is 0.0463. The standard InChI is InChI=1S/C11H22N2O4S/c1-3-4-6-12(2)18(16,17)13-7-5-10(9-13)8-11(14)15/h10H,3-9H2,1-2H3,(H,14,15). The van der Waals surface area contributed by atoms with Crippen molar-refractivity contribution in [2.24, 2.45) is 5.92 Å². The van der Waals surface area contributed by atoms with Crippen LogP contribution in [0.5, 0.6) is 0 Å². The number of carboxylic acid groups (broad SMARTS) is 1. The van der Waals surface area contributed by atoms with Gasteiger partial charge in [-0.15, -0.1) is 0 Å². The number of hydrogen-bond donors (Lipinski definition) is 1. The highest BCUT2D eigenvalue weighted by Crippen LogP contribution is 2.23. The Morgan fingerprint density at radius 3 is 2.72 bits per heavy atom. The van der Waals surface area contributed by atoms with Gasteiger partial charge in [0.1, 0.15) is 0 Å². The van der Waals surface area contributed by atoms with Crippen molar-refractivity contribution in [2.75, 3.05) is 26.7 Å². The van der Waals surface area contributed by atoms with E-state index in [0.29, 0.717) is 26.1 Å². The van der Waals surface area contributed by atoms with Crippen molar-refractivity contribution in [3.8, 4) is 0 Å². The molecule has 1 aliphatic rings. The summed E-state index contributed by atoms with van der Waals surface area (Å²) < 4.78 is 27.1. The molecular weight excluding hydrogens is 256 g/mol. The van der Waals surface area contributed by atoms with E-state index < -0.39 is 16.2 Å². The summed E-state index contributed by atoms with van der Waals surface area (Å²) in [5.74, 6) is -0.921. The van der Waals surface area contributed by atoms with Gasteiger partial charge in [0.2, 0.25) is 0 Å². The maximum Gasteiger partial charge on any atom is 0.303 e. The summed E-state index contributed by atoms with van der Waals surface area (Å²) in [7, 11) is -1.83. The molecule has 7 heteroatoms. The number of hydrogen-bond acceptors (Lipinski definition) is 3. The number of rotatable bonds is 7. The first-order valence-corrected chi connectivity index (χ1v) is 7.70. The zero-order valence-electron chi connectivity index (χ0n) is 11.0. The largest absolute Gasteiger partial charge is 0.481 e. The summed E-state index contributed by atoms with van der Waals surface area (Å²) >= 11 is 0. The van der Waals surface area contributed by atoms with Crippen LogP contribution >= 0.6 is 0 Å². The molecule has 0 spiro atoms. The fourth-order valence-electron chi connectivity index (χ4n) is 2.11. The Bertz CT molecular complexity index is 383. The lowest BCUT2D eigenvalue weighted by Gasteiger charge is -2.23. The molecule has 1 heterocycles. The minimum Gasteiger partial charge on any atom is -0.481 e. The topological polar surface area (TPSA) is 77.9 Å². The second-order valence-electron chi connectivity index (χ2n) is 4.79. The lowest BCUT2D eigenvalue weighted by Crippen LogP contribution is -2.41. The van der Waals surface area contributed by atoms with Crippen LogP contribution in [-0.4, -0.2) is 54.8 Å². The Kier molecular flexibility index (Phi) is 5.55. The summed E-state index contributed by atoms with van der Waals surface area (Å²) in [6.07, 6.45) is 2.46. The average Bonchev–Trinajstić information content (AvgIpc) is 2.73. The first-order valence-electron chi connectivity index (χ1n) is 6.31. The Morgan fingerprint density at radius 2 is 2.17 bits per heavy atom. The Morgan fingerprint density at radius 1 is 1.50 bits per heavy atom. The Hall–Kier alpha value is -0.660. The second kappa shape index (κ2) is 6.49. The molecule has 0 amide bonds. The highest BCUT2D eigenvalue weighted by Gasteiger charge is 2.34. The van der Waals surface area contributed by atoms with Crippen LogP contribution in [-0.2, 0) is 15.0 Å². The van der Waals surface area contributed by atoms with Gasteiger partial charge in [-0.3, -0.25) is 4.79 Å². The molecule has 1 rings (SSSR count). The predicted octanol–water partition coefficient (Wildman–Crippen LogP) is 0.760. The molecule has 1 N–H and O–H groups in total. The van der Waals surface area contributed by atoms with Gasteiger partial charge in [0.05, 0.1) is 0 Å². The molecule has 0 aliphatic carbocycles. The molecule has 6 nitrogen and oxygen atoms in total. The molecule has 1 unspecified atom stereocenters. The molecule has 1 atom stereocenters. The van der Waals surface area contributed by atoms with E-state index in [1.807, 2.05) is 6.92 Å². The zero-order chi connectivity index (χ0) is 13.8. The van der Waals surface area contributed by atoms with E-state index in [1.165, 1.54) is 8.61 Å². The molecule has 0 aromatic carbocycles. The fraction of sp³-hybridized carbons (Fsp3) is 0.909. The third-order valence-electron chi connectivity index (χ3n) is 3.26. The molecule has 0 saturated carbocycles. The van der Waals surface area contributed by atoms with E-state index in [0.717, 1.165) is 12.8 Å². The highest BCUT2D eigenvalue weighted by atomic mass is 32.2. The number of aliphatic carboxylic acids is 1. The van der Waals surface area contributed by atoms with Crippen LogP contribution in [0.1, 0.15) is 32.6 Å². The monoisotopic (exact) mass is 278 g/mol. The summed E-state index contributed by atoms with van der Waals surface area (Å²) in [6.45, 7) is 3.28. The number of unbranched alkanes of at least 4 members (excludes halogenated alkanes) is 1. The maximum atomic E-state index is 12.2. The van der Waals surface area contributed by atoms with Crippen LogP contribution in [0.25, 0.3) is 0 Å². The zero-order valence-corrected chi connectivity index (χ0v) is 11.8. The summed E-state index contributed by atoms with van der Waals surface area (Å²) in [4.78, 5) is 10.6. The quantitative estimate of drug-likeness (QED) is 0.746. The van der Waals surface area contributed by atoms with Gasteiger partial charge in [0, 0.05) is 33.1 Å². The van der Waals surface area contributed by atoms with Crippen LogP contribution in [0, 0.1) is 5.92 Å². The fourth-order valence-corrected chi connectivity index (χ4v) is 3.60. The number of nitrogens with zero attached hydrogens (tertiary/aromatic N) is 2. The van der Waals surface area contributed by atoms with Crippen LogP contribution < -0.4 is 0 Å². The summed E-state index contributed by atoms with van der Waals surface area (Å²) in [5, 5.41) is 8.71. The lowest BCUT2D eigenvalue weighted by atomic mass is 10.1. The van der Waals surface area contributed by atoms with Crippen molar-refractivity contribution < 1.29 is 18.3 Å². The van der Waals surface area contributed by atoms with E-state index >= 15 is 0 Å². The van der Waals surface area contributed by atoms with Gasteiger partial charge in [-0.1, -0.05) is 13.3 Å². The molecule has 106 valence electrons. The smallest absolute Gasteiger partial charge is 0.303 e. The Balaban J connectivity index is 2.57. The highest BCUT2D eigenvalue weighted by molar-refractivity contribution is 7.86. The third kappa shape index (κ3) is 3.93. The summed E-state index contributed by atoms with van der Waals surface area (Å²) in [5.41, 5.74) is 0. The van der Waals surface area contributed by atoms with E-state index in [1.54, 1.807) is 7.05 Å². The van der Waals surface area contributed by atoms with E-state index in [9.17, 15) is 13.2 Å². The Labute approximate surface area is 109 Å². The van der Waals surface area contributed by atoms with Gasteiger partial charge in [0.25, 0.3) is 10.2 Å². The normalized spacial score (nSPS) is 21.6. The van der Waals surface area contributed by atoms with Crippen molar-refractivity contribution in [1.29, 1.82) is 0 Å². The molecule has 0 aromatic heterocycles. The van der Waals surface area contributed by atoms with E-state index in [2.05, 4.69) is 0 Å². The van der Waals surface area contributed by atoms with E-state index in [4.69, 9.17) is 5.11 Å². The van der Waals surface area contributed by atoms with Crippen molar-refractivity contribution >= 4 is 16.2 Å². The van der Waals surface area contributed by atoms with Crippen molar-refractivity contribution in [3.63, 3.8) is 0 Å². The van der Waals surface area contributed by atoms with Crippen molar-refractivity contribution in [1.82, 2.24) is 8.61 Å². The molecular formula is C11H22N2O4S. The van der Waals surface area contributed by atoms with Crippen molar-refractivity contribution in [3.05, 3.63) is 0 Å². The molecule has 1 saturated heterocycles. The van der Waals surface area contributed by atoms with Gasteiger partial charge in [-0.2, -0.15) is 17.0 Å². The maximum absolute atomic E-state index is 12.2. The van der Waals surface area contributed by atoms with Crippen LogP contribution in [0.15, 0.2) is 0 Å². The molecule has 1 aliphatic heterocycles. The SMILES string of the molecule is CCCCN(C)S(=O)(=O)N1CCC(CC(=O)O)C1. The molecule has 0 aromatic rings. The minimum atomic E-state index is -3.41. The molecule has 1 fully saturated rings. The van der Waals surface area contributed by atoms with Crippen LogP contribution in [0.3, 0.4) is 0 Å². The van der Waals surface area contributed by atoms with Gasteiger partial charge in [0.15, 0.2) is 0 Å². The van der Waals surface area contributed by atoms with Crippen LogP contribution in [0.4, 0.5) is 0 Å². The second-order valence-corrected chi connectivity index (χ2v) is 6.83. The van der Waals surface area contributed by atoms with Gasteiger partial charge < -0.3 is 5.11 Å². The van der Waals surface area contributed by atoms with Gasteiger partial charge in [-0.05, 0) is 18.8 Å². The third-order valence-corrected chi connectivity index (χ3v) is 5.21. The average molecular weight is 278 g/mol. The molecule has 0 radical (unpaired) electrons.